The number of nitrogens with one attached hydrogen (secondary N) is 2. The number of rotatable bonds is 11. The van der Waals surface area contributed by atoms with Gasteiger partial charge in [0, 0.05) is 28.2 Å². The van der Waals surface area contributed by atoms with Gasteiger partial charge in [-0.3, -0.25) is 19.3 Å². The van der Waals surface area contributed by atoms with Crippen molar-refractivity contribution in [3.05, 3.63) is 40.7 Å². The third-order valence-corrected chi connectivity index (χ3v) is 9.90. The highest BCUT2D eigenvalue weighted by Crippen LogP contribution is 2.40. The fourth-order valence-electron chi connectivity index (χ4n) is 5.26. The van der Waals surface area contributed by atoms with Crippen LogP contribution in [0.3, 0.4) is 0 Å². The van der Waals surface area contributed by atoms with Crippen LogP contribution in [-0.4, -0.2) is 76.9 Å². The Bertz CT molecular complexity index is 1620. The summed E-state index contributed by atoms with van der Waals surface area (Å²) in [5.41, 5.74) is 5.94. The molecule has 1 saturated heterocycles. The number of fused-ring (bicyclic) bond motifs is 2. The molecule has 0 aromatic carbocycles. The summed E-state index contributed by atoms with van der Waals surface area (Å²) in [6.07, 6.45) is 7.89. The predicted molar refractivity (Wildman–Crippen MR) is 152 cm³/mol. The number of nitrogens with two attached hydrogens (primary N) is 1. The lowest BCUT2D eigenvalue weighted by molar-refractivity contribution is -0.695. The highest BCUT2D eigenvalue weighted by molar-refractivity contribution is 8.00. The van der Waals surface area contributed by atoms with Gasteiger partial charge in [-0.15, -0.1) is 11.8 Å². The SMILES string of the molecule is Nc1nc(/C(=N/OC2CCCC2)C(=O)N[C@@H]2C(=O)N3C(C(=O)O)=C(C[n+]4cc5sccn5c4CNC=O)CS[C@H]23)ns1. The van der Waals surface area contributed by atoms with Gasteiger partial charge in [-0.05, 0) is 25.7 Å². The van der Waals surface area contributed by atoms with Gasteiger partial charge < -0.3 is 26.3 Å². The minimum Gasteiger partial charge on any atom is -0.477 e. The second-order valence-electron chi connectivity index (χ2n) is 9.81. The zero-order valence-corrected chi connectivity index (χ0v) is 24.4. The van der Waals surface area contributed by atoms with Crippen molar-refractivity contribution < 1.29 is 33.7 Å². The standard InChI is InChI=1S/C24H25N9O6S3/c25-24-28-19(30-42-24)16(29-39-13-3-1-2-4-13)20(35)27-17-21(36)33-18(23(37)38)12(10-41-22(17)33)8-31-9-15-32(5-6-40-15)14(31)7-26-11-34/h5-6,9,11,13,17,22H,1-4,7-8,10H2,(H4-,25,26,27,28,30,34,35,37,38)/p+1/b29-16-/t17-,22-/m1/s1. The first-order valence-electron chi connectivity index (χ1n) is 13.0. The van der Waals surface area contributed by atoms with E-state index in [1.807, 2.05) is 26.7 Å². The first-order chi connectivity index (χ1) is 20.4. The largest absolute Gasteiger partial charge is 0.477 e. The number of thioether (sulfide) groups is 1. The van der Waals surface area contributed by atoms with Gasteiger partial charge in [0.25, 0.3) is 17.6 Å². The number of anilines is 1. The van der Waals surface area contributed by atoms with E-state index in [1.54, 1.807) is 0 Å². The Morgan fingerprint density at radius 2 is 2.14 bits per heavy atom. The Morgan fingerprint density at radius 1 is 1.33 bits per heavy atom. The molecule has 2 atom stereocenters. The lowest BCUT2D eigenvalue weighted by Crippen LogP contribution is -2.71. The lowest BCUT2D eigenvalue weighted by Gasteiger charge is -2.49. The van der Waals surface area contributed by atoms with Gasteiger partial charge >= 0.3 is 5.97 Å². The summed E-state index contributed by atoms with van der Waals surface area (Å²) in [6.45, 7) is 0.448. The second kappa shape index (κ2) is 11.7. The predicted octanol–water partition coefficient (Wildman–Crippen LogP) is 0.0701. The molecular formula is C24H26N9O6S3+. The van der Waals surface area contributed by atoms with Crippen LogP contribution in [0.5, 0.6) is 0 Å². The number of nitrogen functional groups attached to an aromatic ring is 1. The Hall–Kier alpha value is -4.03. The van der Waals surface area contributed by atoms with Gasteiger partial charge in [0.15, 0.2) is 5.13 Å². The van der Waals surface area contributed by atoms with E-state index < -0.39 is 29.2 Å². The summed E-state index contributed by atoms with van der Waals surface area (Å²) in [6, 6.07) is -0.981. The van der Waals surface area contributed by atoms with Crippen molar-refractivity contribution in [3.8, 4) is 0 Å². The van der Waals surface area contributed by atoms with Crippen LogP contribution in [0.15, 0.2) is 34.2 Å². The number of β-lactam (4-membered cyclic amide) rings is 1. The Kier molecular flexibility index (Phi) is 7.82. The molecule has 5 heterocycles. The average molecular weight is 633 g/mol. The number of imidazole rings is 1. The summed E-state index contributed by atoms with van der Waals surface area (Å²) >= 11 is 3.76. The molecule has 5 N–H and O–H groups in total. The molecule has 6 rings (SSSR count). The number of hydrogen-bond acceptors (Lipinski definition) is 12. The van der Waals surface area contributed by atoms with Crippen LogP contribution in [0.1, 0.15) is 37.3 Å². The summed E-state index contributed by atoms with van der Waals surface area (Å²) < 4.78 is 7.86. The van der Waals surface area contributed by atoms with Gasteiger partial charge in [-0.25, -0.2) is 9.36 Å². The smallest absolute Gasteiger partial charge is 0.352 e. The first kappa shape index (κ1) is 28.1. The molecule has 1 saturated carbocycles. The van der Waals surface area contributed by atoms with E-state index in [4.69, 9.17) is 10.6 Å². The van der Waals surface area contributed by atoms with Crippen LogP contribution in [0, 0.1) is 0 Å². The number of aliphatic carboxylic acids is 1. The number of thiazole rings is 1. The van der Waals surface area contributed by atoms with E-state index in [0.29, 0.717) is 17.7 Å². The summed E-state index contributed by atoms with van der Waals surface area (Å²) in [4.78, 5) is 61.8. The van der Waals surface area contributed by atoms with Crippen molar-refractivity contribution in [2.75, 3.05) is 11.5 Å². The zero-order chi connectivity index (χ0) is 29.4. The number of carboxylic acid groups (broad SMARTS) is 1. The zero-order valence-electron chi connectivity index (χ0n) is 22.0. The van der Waals surface area contributed by atoms with Crippen molar-refractivity contribution in [3.63, 3.8) is 0 Å². The molecule has 2 aliphatic heterocycles. The monoisotopic (exact) mass is 632 g/mol. The molecular weight excluding hydrogens is 607 g/mol. The first-order valence-corrected chi connectivity index (χ1v) is 15.7. The van der Waals surface area contributed by atoms with Gasteiger partial charge in [-0.2, -0.15) is 13.8 Å². The van der Waals surface area contributed by atoms with Crippen molar-refractivity contribution in [1.82, 2.24) is 29.3 Å². The topological polar surface area (TPSA) is 197 Å². The molecule has 2 fully saturated rings. The maximum atomic E-state index is 13.3. The van der Waals surface area contributed by atoms with Crippen LogP contribution in [-0.2, 0) is 37.1 Å². The summed E-state index contributed by atoms with van der Waals surface area (Å²) in [5.74, 6) is -1.45. The third kappa shape index (κ3) is 5.20. The average Bonchev–Trinajstić information content (AvgIpc) is 3.78. The van der Waals surface area contributed by atoms with Crippen LogP contribution in [0.4, 0.5) is 5.13 Å². The molecule has 0 radical (unpaired) electrons. The molecule has 0 bridgehead atoms. The Morgan fingerprint density at radius 3 is 2.86 bits per heavy atom. The van der Waals surface area contributed by atoms with E-state index in [9.17, 15) is 24.3 Å². The fourth-order valence-corrected chi connectivity index (χ4v) is 7.82. The van der Waals surface area contributed by atoms with Gasteiger partial charge in [0.2, 0.25) is 22.8 Å². The third-order valence-electron chi connectivity index (χ3n) is 7.22. The maximum Gasteiger partial charge on any atom is 0.352 e. The van der Waals surface area contributed by atoms with Crippen molar-refractivity contribution >= 4 is 74.5 Å². The molecule has 3 amide bonds. The number of nitrogens with zero attached hydrogens (tertiary/aromatic N) is 6. The molecule has 0 spiro atoms. The molecule has 15 nitrogen and oxygen atoms in total. The van der Waals surface area contributed by atoms with E-state index in [0.717, 1.165) is 47.9 Å². The Balaban J connectivity index is 1.22. The van der Waals surface area contributed by atoms with Gasteiger partial charge in [-0.1, -0.05) is 16.5 Å². The molecule has 18 heteroatoms. The van der Waals surface area contributed by atoms with Crippen LogP contribution in [0.25, 0.3) is 4.83 Å². The number of carbonyl (C=O) groups is 4. The van der Waals surface area contributed by atoms with Crippen molar-refractivity contribution in [1.29, 1.82) is 0 Å². The fraction of sp³-hybridized carbons (Fsp3) is 0.417. The molecule has 3 aliphatic rings. The van der Waals surface area contributed by atoms with Crippen molar-refractivity contribution in [2.45, 2.75) is 56.3 Å². The second-order valence-corrected chi connectivity index (χ2v) is 12.6. The van der Waals surface area contributed by atoms with E-state index in [2.05, 4.69) is 25.1 Å². The molecule has 3 aromatic rings. The van der Waals surface area contributed by atoms with Crippen LogP contribution < -0.4 is 20.9 Å². The van der Waals surface area contributed by atoms with Gasteiger partial charge in [0.1, 0.15) is 48.7 Å². The molecule has 42 heavy (non-hydrogen) atoms. The number of carboxylic acids is 1. The quantitative estimate of drug-likeness (QED) is 0.0738. The van der Waals surface area contributed by atoms with Crippen LogP contribution >= 0.6 is 34.6 Å². The number of carbonyl (C=O) groups excluding carboxylic acids is 3. The van der Waals surface area contributed by atoms with E-state index >= 15 is 0 Å². The molecule has 3 aromatic heterocycles. The molecule has 0 unspecified atom stereocenters. The minimum atomic E-state index is -1.24. The summed E-state index contributed by atoms with van der Waals surface area (Å²) in [7, 11) is 0. The highest BCUT2D eigenvalue weighted by atomic mass is 32.2. The molecule has 220 valence electrons. The highest BCUT2D eigenvalue weighted by Gasteiger charge is 2.54. The van der Waals surface area contributed by atoms with Gasteiger partial charge in [0.05, 0.1) is 0 Å². The normalized spacial score (nSPS) is 20.9. The number of aromatic nitrogens is 4. The maximum absolute atomic E-state index is 13.3. The molecule has 1 aliphatic carbocycles. The lowest BCUT2D eigenvalue weighted by atomic mass is 10.0. The minimum absolute atomic E-state index is 0.00861. The van der Waals surface area contributed by atoms with E-state index in [-0.39, 0.29) is 41.6 Å². The number of oxime groups is 1. The van der Waals surface area contributed by atoms with Crippen LogP contribution in [0.2, 0.25) is 0 Å². The van der Waals surface area contributed by atoms with E-state index in [1.165, 1.54) is 28.0 Å². The Labute approximate surface area is 250 Å². The van der Waals surface area contributed by atoms with Crippen molar-refractivity contribution in [2.24, 2.45) is 5.16 Å². The summed E-state index contributed by atoms with van der Waals surface area (Å²) in [5, 5.41) is 20.9. The number of hydrogen-bond donors (Lipinski definition) is 4. The number of amides is 3.